The Kier molecular flexibility index (Phi) is 10.2. The molecule has 2 aromatic carbocycles. The largest absolute Gasteiger partial charge is 0.489 e. The fourth-order valence-corrected chi connectivity index (χ4v) is 5.49. The number of nitrogens with one attached hydrogen (secondary N) is 1. The van der Waals surface area contributed by atoms with Crippen molar-refractivity contribution in [3.05, 3.63) is 71.4 Å². The van der Waals surface area contributed by atoms with Crippen LogP contribution in [0.25, 0.3) is 17.5 Å². The summed E-state index contributed by atoms with van der Waals surface area (Å²) < 4.78 is 72.0. The first-order chi connectivity index (χ1) is 22.3. The number of alkyl carbamates (subject to hydrolysis) is 1. The van der Waals surface area contributed by atoms with Crippen LogP contribution in [0.5, 0.6) is 5.75 Å². The molecule has 3 aromatic rings. The summed E-state index contributed by atoms with van der Waals surface area (Å²) in [7, 11) is 0. The van der Waals surface area contributed by atoms with Crippen molar-refractivity contribution < 1.29 is 46.3 Å². The highest BCUT2D eigenvalue weighted by Gasteiger charge is 2.56. The summed E-state index contributed by atoms with van der Waals surface area (Å²) in [5.41, 5.74) is -3.29. The minimum absolute atomic E-state index is 0.00792. The lowest BCUT2D eigenvalue weighted by molar-refractivity contribution is -0.138. The molecule has 1 saturated heterocycles. The fourth-order valence-electron chi connectivity index (χ4n) is 5.49. The van der Waals surface area contributed by atoms with Crippen molar-refractivity contribution in [1.82, 2.24) is 20.4 Å². The van der Waals surface area contributed by atoms with Crippen LogP contribution in [0.4, 0.5) is 27.2 Å². The van der Waals surface area contributed by atoms with Crippen molar-refractivity contribution in [2.24, 2.45) is 10.4 Å². The average Bonchev–Trinajstić information content (AvgIpc) is 3.63. The van der Waals surface area contributed by atoms with Gasteiger partial charge in [-0.15, -0.1) is 4.99 Å². The number of carboxylic acid groups (broad SMARTS) is 1. The predicted octanol–water partition coefficient (Wildman–Crippen LogP) is 7.88. The van der Waals surface area contributed by atoms with Crippen LogP contribution in [0, 0.1) is 11.2 Å². The van der Waals surface area contributed by atoms with Gasteiger partial charge >= 0.3 is 18.4 Å². The maximum Gasteiger partial charge on any atom is 0.434 e. The number of hydrogen-bond acceptors (Lipinski definition) is 7. The number of carbonyl (C=O) groups excluding carboxylic acids is 1. The number of hydrogen-bond donors (Lipinski definition) is 2. The molecule has 0 spiro atoms. The van der Waals surface area contributed by atoms with Crippen molar-refractivity contribution in [2.75, 3.05) is 13.2 Å². The Labute approximate surface area is 274 Å². The molecule has 2 heterocycles. The Morgan fingerprint density at radius 3 is 2.40 bits per heavy atom. The second kappa shape index (κ2) is 13.6. The Balaban J connectivity index is 1.67. The zero-order chi connectivity index (χ0) is 35.5. The zero-order valence-corrected chi connectivity index (χ0v) is 27.3. The molecule has 48 heavy (non-hydrogen) atoms. The van der Waals surface area contributed by atoms with E-state index in [-0.39, 0.29) is 36.4 Å². The summed E-state index contributed by atoms with van der Waals surface area (Å²) in [5, 5.41) is 16.0. The molecule has 0 unspecified atom stereocenters. The van der Waals surface area contributed by atoms with Crippen molar-refractivity contribution >= 4 is 24.2 Å². The Bertz CT molecular complexity index is 1690. The van der Waals surface area contributed by atoms with E-state index in [1.54, 1.807) is 31.7 Å². The van der Waals surface area contributed by atoms with Gasteiger partial charge < -0.3 is 24.0 Å². The van der Waals surface area contributed by atoms with E-state index in [9.17, 15) is 32.3 Å². The monoisotopic (exact) mass is 675 g/mol. The highest BCUT2D eigenvalue weighted by molar-refractivity contribution is 5.99. The molecular formula is C33H37F4N5O6. The number of alkyl halides is 3. The number of carbonyl (C=O) groups is 2. The molecule has 15 heteroatoms. The van der Waals surface area contributed by atoms with Crippen LogP contribution in [0.3, 0.4) is 0 Å². The standard InChI is InChI=1S/C33H37F4N5O6/c1-30(2,3)32(16-8-17-42(32)27(39-28(43)44)40-29(45)47-31(4,5)6)26-38-25(41-48-26)21-12-15-24(23(19-21)33(35,36)37)46-18-7-9-20-10-13-22(34)14-11-20/h7,9-15,19H,8,16-18H2,1-6H3,(H,43,44)(H,39,40,45)/t32-/m1/s1. The number of aliphatic imine (C=N–C) groups is 1. The normalized spacial score (nSPS) is 17.5. The topological polar surface area (TPSA) is 139 Å². The van der Waals surface area contributed by atoms with Gasteiger partial charge in [-0.2, -0.15) is 18.2 Å². The highest BCUT2D eigenvalue weighted by Crippen LogP contribution is 2.51. The summed E-state index contributed by atoms with van der Waals surface area (Å²) >= 11 is 0. The lowest BCUT2D eigenvalue weighted by Crippen LogP contribution is -2.58. The highest BCUT2D eigenvalue weighted by atomic mass is 19.4. The second-order valence-electron chi connectivity index (χ2n) is 13.1. The zero-order valence-electron chi connectivity index (χ0n) is 27.3. The maximum absolute atomic E-state index is 14.2. The van der Waals surface area contributed by atoms with E-state index in [4.69, 9.17) is 14.0 Å². The lowest BCUT2D eigenvalue weighted by atomic mass is 9.71. The molecule has 2 N–H and O–H groups in total. The van der Waals surface area contributed by atoms with Crippen LogP contribution >= 0.6 is 0 Å². The number of amides is 2. The summed E-state index contributed by atoms with van der Waals surface area (Å²) in [6.45, 7) is 10.5. The minimum Gasteiger partial charge on any atom is -0.489 e. The molecule has 4 rings (SSSR count). The molecule has 0 aliphatic carbocycles. The van der Waals surface area contributed by atoms with E-state index in [1.807, 2.05) is 20.8 Å². The molecule has 258 valence electrons. The van der Waals surface area contributed by atoms with Crippen molar-refractivity contribution in [1.29, 1.82) is 0 Å². The number of ether oxygens (including phenoxy) is 2. The first-order valence-electron chi connectivity index (χ1n) is 15.0. The van der Waals surface area contributed by atoms with Gasteiger partial charge in [0.25, 0.3) is 5.89 Å². The first-order valence-corrected chi connectivity index (χ1v) is 15.0. The van der Waals surface area contributed by atoms with Crippen LogP contribution in [-0.4, -0.2) is 57.0 Å². The summed E-state index contributed by atoms with van der Waals surface area (Å²) in [6.07, 6.45) is -3.34. The predicted molar refractivity (Wildman–Crippen MR) is 168 cm³/mol. The van der Waals surface area contributed by atoms with Gasteiger partial charge in [0, 0.05) is 12.1 Å². The molecule has 1 fully saturated rings. The number of halogens is 4. The molecular weight excluding hydrogens is 638 g/mol. The third kappa shape index (κ3) is 8.30. The SMILES string of the molecule is CC(C)(C)OC(=O)NC(=NC(=O)O)N1CCC[C@@]1(c1nc(-c2ccc(OCC=Cc3ccc(F)cc3)c(C(F)(F)F)c2)no1)C(C)(C)C. The number of likely N-dealkylation sites (tertiary alicyclic amines) is 1. The van der Waals surface area contributed by atoms with E-state index in [0.29, 0.717) is 18.4 Å². The Morgan fingerprint density at radius 1 is 1.10 bits per heavy atom. The van der Waals surface area contributed by atoms with E-state index in [1.165, 1.54) is 36.4 Å². The summed E-state index contributed by atoms with van der Waals surface area (Å²) in [5.74, 6) is -1.31. The number of rotatable bonds is 6. The average molecular weight is 676 g/mol. The second-order valence-corrected chi connectivity index (χ2v) is 13.1. The van der Waals surface area contributed by atoms with Crippen LogP contribution in [0.2, 0.25) is 0 Å². The van der Waals surface area contributed by atoms with Gasteiger partial charge in [0.05, 0.1) is 5.56 Å². The van der Waals surface area contributed by atoms with Crippen molar-refractivity contribution in [2.45, 2.75) is 71.7 Å². The van der Waals surface area contributed by atoms with Crippen molar-refractivity contribution in [3.63, 3.8) is 0 Å². The molecule has 1 atom stereocenters. The van der Waals surface area contributed by atoms with Gasteiger partial charge in [-0.05, 0) is 81.0 Å². The molecule has 11 nitrogen and oxygen atoms in total. The van der Waals surface area contributed by atoms with Gasteiger partial charge in [0.15, 0.2) is 0 Å². The van der Waals surface area contributed by atoms with Crippen LogP contribution < -0.4 is 10.1 Å². The van der Waals surface area contributed by atoms with Gasteiger partial charge in [-0.3, -0.25) is 5.32 Å². The van der Waals surface area contributed by atoms with Crippen LogP contribution in [-0.2, 0) is 16.5 Å². The van der Waals surface area contributed by atoms with E-state index < -0.39 is 52.0 Å². The van der Waals surface area contributed by atoms with Gasteiger partial charge in [0.1, 0.15) is 29.3 Å². The van der Waals surface area contributed by atoms with Gasteiger partial charge in [-0.1, -0.05) is 44.1 Å². The van der Waals surface area contributed by atoms with E-state index in [2.05, 4.69) is 20.4 Å². The molecule has 0 radical (unpaired) electrons. The number of nitrogens with zero attached hydrogens (tertiary/aromatic N) is 4. The van der Waals surface area contributed by atoms with Crippen LogP contribution in [0.15, 0.2) is 58.1 Å². The third-order valence-electron chi connectivity index (χ3n) is 7.53. The van der Waals surface area contributed by atoms with Crippen molar-refractivity contribution in [3.8, 4) is 17.1 Å². The van der Waals surface area contributed by atoms with E-state index in [0.717, 1.165) is 12.1 Å². The maximum atomic E-state index is 14.2. The Morgan fingerprint density at radius 2 is 1.79 bits per heavy atom. The fraction of sp³-hybridized carbons (Fsp3) is 0.424. The molecule has 0 bridgehead atoms. The third-order valence-corrected chi connectivity index (χ3v) is 7.53. The number of benzene rings is 2. The van der Waals surface area contributed by atoms with Crippen LogP contribution in [0.1, 0.15) is 71.4 Å². The molecule has 0 saturated carbocycles. The van der Waals surface area contributed by atoms with Gasteiger partial charge in [-0.25, -0.2) is 14.0 Å². The number of guanidine groups is 1. The molecule has 1 aliphatic heterocycles. The summed E-state index contributed by atoms with van der Waals surface area (Å²) in [4.78, 5) is 34.1. The van der Waals surface area contributed by atoms with Gasteiger partial charge in [0.2, 0.25) is 11.8 Å². The first kappa shape index (κ1) is 35.9. The quantitative estimate of drug-likeness (QED) is 0.152. The molecule has 2 amide bonds. The lowest BCUT2D eigenvalue weighted by Gasteiger charge is -2.46. The Hall–Kier alpha value is -4.95. The van der Waals surface area contributed by atoms with E-state index >= 15 is 0 Å². The molecule has 1 aliphatic rings. The smallest absolute Gasteiger partial charge is 0.434 e. The minimum atomic E-state index is -4.79. The summed E-state index contributed by atoms with van der Waals surface area (Å²) in [6, 6.07) is 8.94. The molecule has 1 aromatic heterocycles. The number of aromatic nitrogens is 2.